The number of anilines is 1. The highest BCUT2D eigenvalue weighted by molar-refractivity contribution is 6.31. The Kier molecular flexibility index (Phi) is 7.29. The molecule has 0 aliphatic carbocycles. The number of hydrogen-bond acceptors (Lipinski definition) is 4. The lowest BCUT2D eigenvalue weighted by molar-refractivity contribution is 0.101. The average Bonchev–Trinajstić information content (AvgIpc) is 2.69. The van der Waals surface area contributed by atoms with Crippen LogP contribution in [0.15, 0.2) is 72.8 Å². The molecule has 4 nitrogen and oxygen atoms in total. The summed E-state index contributed by atoms with van der Waals surface area (Å²) in [6.45, 7) is 3.58. The maximum absolute atomic E-state index is 12.2. The van der Waals surface area contributed by atoms with Gasteiger partial charge in [0, 0.05) is 21.7 Å². The smallest absolute Gasteiger partial charge is 0.195 e. The highest BCUT2D eigenvalue weighted by atomic mass is 35.5. The molecular weight excluding hydrogens is 362 g/mol. The lowest BCUT2D eigenvalue weighted by atomic mass is 10.0. The van der Waals surface area contributed by atoms with Crippen LogP contribution in [0.1, 0.15) is 38.8 Å². The molecule has 0 radical (unpaired) electrons. The molecule has 138 valence electrons. The summed E-state index contributed by atoms with van der Waals surface area (Å²) in [6.07, 6.45) is 0. The van der Waals surface area contributed by atoms with Gasteiger partial charge in [-0.05, 0) is 32.0 Å². The summed E-state index contributed by atoms with van der Waals surface area (Å²) >= 11 is 5.84. The van der Waals surface area contributed by atoms with Crippen molar-refractivity contribution in [3.63, 3.8) is 0 Å². The predicted octanol–water partition coefficient (Wildman–Crippen LogP) is 5.57. The van der Waals surface area contributed by atoms with Gasteiger partial charge in [0.05, 0.1) is 5.69 Å². The van der Waals surface area contributed by atoms with E-state index in [1.165, 1.54) is 11.6 Å². The number of aryl methyl sites for hydroxylation is 1. The Bertz CT molecular complexity index is 922. The summed E-state index contributed by atoms with van der Waals surface area (Å²) in [6, 6.07) is 21.1. The van der Waals surface area contributed by atoms with Crippen LogP contribution >= 0.6 is 11.6 Å². The minimum Gasteiger partial charge on any atom is -0.295 e. The Morgan fingerprint density at radius 3 is 2.07 bits per heavy atom. The highest BCUT2D eigenvalue weighted by Crippen LogP contribution is 2.23. The Hall–Kier alpha value is -2.95. The maximum atomic E-state index is 12.2. The summed E-state index contributed by atoms with van der Waals surface area (Å²) in [4.78, 5) is 22.9. The molecule has 27 heavy (non-hydrogen) atoms. The summed E-state index contributed by atoms with van der Waals surface area (Å²) < 4.78 is 0. The normalized spacial score (nSPS) is 9.78. The predicted molar refractivity (Wildman–Crippen MR) is 108 cm³/mol. The second-order valence-corrected chi connectivity index (χ2v) is 6.36. The number of nitrogens with one attached hydrogen (secondary N) is 1. The van der Waals surface area contributed by atoms with Crippen molar-refractivity contribution in [2.24, 2.45) is 0 Å². The lowest BCUT2D eigenvalue weighted by Crippen LogP contribution is -2.05. The minimum atomic E-state index is -0.190. The number of carbonyl (C=O) groups is 2. The van der Waals surface area contributed by atoms with Crippen LogP contribution in [0.25, 0.3) is 0 Å². The number of Topliss-reactive ketones (excluding diaryl/α,β-unsaturated/α-hetero) is 1. The first-order valence-electron chi connectivity index (χ1n) is 8.29. The molecule has 2 N–H and O–H groups in total. The van der Waals surface area contributed by atoms with Gasteiger partial charge >= 0.3 is 0 Å². The summed E-state index contributed by atoms with van der Waals surface area (Å²) in [7, 11) is 0. The van der Waals surface area contributed by atoms with Gasteiger partial charge in [-0.15, -0.1) is 0 Å². The fourth-order valence-corrected chi connectivity index (χ4v) is 2.51. The standard InChI is InChI=1S/C13H10ClNO2.C9H10O/c14-10-6-7-12(15-17)11(8-10)13(16)9-4-2-1-3-5-9;1-7-3-5-9(6-4-7)8(2)10/h1-8,15,17H;3-6H,1-2H3. The molecule has 0 spiro atoms. The van der Waals surface area contributed by atoms with E-state index in [9.17, 15) is 9.59 Å². The number of benzene rings is 3. The van der Waals surface area contributed by atoms with Crippen molar-refractivity contribution in [3.05, 3.63) is 100 Å². The van der Waals surface area contributed by atoms with Gasteiger partial charge < -0.3 is 0 Å². The Labute approximate surface area is 163 Å². The van der Waals surface area contributed by atoms with E-state index in [4.69, 9.17) is 16.8 Å². The van der Waals surface area contributed by atoms with Gasteiger partial charge in [-0.2, -0.15) is 0 Å². The first-order valence-corrected chi connectivity index (χ1v) is 8.67. The zero-order valence-electron chi connectivity index (χ0n) is 15.1. The fraction of sp³-hybridized carbons (Fsp3) is 0.0909. The topological polar surface area (TPSA) is 66.4 Å². The summed E-state index contributed by atoms with van der Waals surface area (Å²) in [5.41, 5.74) is 5.19. The van der Waals surface area contributed by atoms with Crippen molar-refractivity contribution in [3.8, 4) is 0 Å². The van der Waals surface area contributed by atoms with Crippen molar-refractivity contribution in [2.75, 3.05) is 5.48 Å². The largest absolute Gasteiger partial charge is 0.295 e. The molecule has 0 aliphatic rings. The molecule has 0 aliphatic heterocycles. The molecular formula is C22H20ClNO3. The van der Waals surface area contributed by atoms with Crippen LogP contribution in [0, 0.1) is 6.92 Å². The first-order chi connectivity index (χ1) is 12.9. The van der Waals surface area contributed by atoms with Gasteiger partial charge in [-0.3, -0.25) is 20.3 Å². The van der Waals surface area contributed by atoms with Gasteiger partial charge in [0.15, 0.2) is 11.6 Å². The third kappa shape index (κ3) is 5.78. The Morgan fingerprint density at radius 2 is 1.52 bits per heavy atom. The van der Waals surface area contributed by atoms with Gasteiger partial charge in [0.25, 0.3) is 0 Å². The van der Waals surface area contributed by atoms with E-state index in [0.29, 0.717) is 21.8 Å². The highest BCUT2D eigenvalue weighted by Gasteiger charge is 2.13. The summed E-state index contributed by atoms with van der Waals surface area (Å²) in [5.74, 6) is -0.0651. The van der Waals surface area contributed by atoms with E-state index in [0.717, 1.165) is 5.56 Å². The molecule has 0 amide bonds. The zero-order chi connectivity index (χ0) is 19.8. The van der Waals surface area contributed by atoms with Crippen molar-refractivity contribution in [1.82, 2.24) is 0 Å². The Balaban J connectivity index is 0.000000223. The van der Waals surface area contributed by atoms with E-state index in [1.807, 2.05) is 42.7 Å². The first kappa shape index (κ1) is 20.4. The molecule has 5 heteroatoms. The molecule has 0 aromatic heterocycles. The minimum absolute atomic E-state index is 0.125. The number of halogens is 1. The fourth-order valence-electron chi connectivity index (χ4n) is 2.34. The van der Waals surface area contributed by atoms with Gasteiger partial charge in [-0.25, -0.2) is 0 Å². The molecule has 3 aromatic carbocycles. The van der Waals surface area contributed by atoms with Crippen LogP contribution in [0.4, 0.5) is 5.69 Å². The second-order valence-electron chi connectivity index (χ2n) is 5.92. The third-order valence-corrected chi connectivity index (χ3v) is 4.08. The van der Waals surface area contributed by atoms with Crippen molar-refractivity contribution in [1.29, 1.82) is 0 Å². The molecule has 0 unspecified atom stereocenters. The van der Waals surface area contributed by atoms with Crippen LogP contribution in [0.5, 0.6) is 0 Å². The monoisotopic (exact) mass is 381 g/mol. The van der Waals surface area contributed by atoms with Gasteiger partial charge in [-0.1, -0.05) is 71.8 Å². The number of hydrogen-bond donors (Lipinski definition) is 2. The van der Waals surface area contributed by atoms with Crippen molar-refractivity contribution < 1.29 is 14.8 Å². The third-order valence-electron chi connectivity index (χ3n) is 3.84. The zero-order valence-corrected chi connectivity index (χ0v) is 15.8. The number of ketones is 2. The molecule has 3 aromatic rings. The van der Waals surface area contributed by atoms with E-state index >= 15 is 0 Å². The molecule has 0 saturated heterocycles. The van der Waals surface area contributed by atoms with E-state index in [2.05, 4.69) is 0 Å². The van der Waals surface area contributed by atoms with Gasteiger partial charge in [0.1, 0.15) is 0 Å². The Morgan fingerprint density at radius 1 is 0.889 bits per heavy atom. The molecule has 0 saturated carbocycles. The maximum Gasteiger partial charge on any atom is 0.195 e. The molecule has 0 heterocycles. The van der Waals surface area contributed by atoms with Crippen LogP contribution in [-0.4, -0.2) is 16.8 Å². The number of rotatable bonds is 4. The molecule has 3 rings (SSSR count). The SMILES string of the molecule is CC(=O)c1ccc(C)cc1.O=C(c1ccccc1)c1cc(Cl)ccc1NO. The lowest BCUT2D eigenvalue weighted by Gasteiger charge is -2.07. The quantitative estimate of drug-likeness (QED) is 0.458. The van der Waals surface area contributed by atoms with Crippen molar-refractivity contribution in [2.45, 2.75) is 13.8 Å². The second kappa shape index (κ2) is 9.67. The van der Waals surface area contributed by atoms with E-state index < -0.39 is 0 Å². The molecule has 0 atom stereocenters. The summed E-state index contributed by atoms with van der Waals surface area (Å²) in [5, 5.41) is 9.41. The van der Waals surface area contributed by atoms with Crippen LogP contribution in [0.2, 0.25) is 5.02 Å². The van der Waals surface area contributed by atoms with Crippen LogP contribution in [-0.2, 0) is 0 Å². The van der Waals surface area contributed by atoms with E-state index in [1.54, 1.807) is 43.3 Å². The number of carbonyl (C=O) groups excluding carboxylic acids is 2. The average molecular weight is 382 g/mol. The van der Waals surface area contributed by atoms with Crippen LogP contribution in [0.3, 0.4) is 0 Å². The van der Waals surface area contributed by atoms with Gasteiger partial charge in [0.2, 0.25) is 0 Å². The van der Waals surface area contributed by atoms with E-state index in [-0.39, 0.29) is 11.6 Å². The van der Waals surface area contributed by atoms with Crippen molar-refractivity contribution >= 4 is 28.9 Å². The molecule has 0 bridgehead atoms. The molecule has 0 fully saturated rings. The van der Waals surface area contributed by atoms with Crippen LogP contribution < -0.4 is 5.48 Å².